The molecule has 27 heavy (non-hydrogen) atoms. The van der Waals surface area contributed by atoms with E-state index in [-0.39, 0.29) is 0 Å². The molecule has 2 aromatic carbocycles. The highest BCUT2D eigenvalue weighted by Crippen LogP contribution is 2.48. The van der Waals surface area contributed by atoms with Crippen molar-refractivity contribution in [3.05, 3.63) is 65.2 Å². The zero-order valence-corrected chi connectivity index (χ0v) is 15.9. The Balaban J connectivity index is 0.000000307. The molecule has 1 amide bonds. The topological polar surface area (TPSA) is 70.6 Å². The van der Waals surface area contributed by atoms with Crippen molar-refractivity contribution < 1.29 is 14.6 Å². The van der Waals surface area contributed by atoms with Crippen LogP contribution >= 0.6 is 0 Å². The Morgan fingerprint density at radius 2 is 1.96 bits per heavy atom. The third kappa shape index (κ3) is 4.61. The number of nitrogens with one attached hydrogen (secondary N) is 2. The number of fused-ring (bicyclic) bond motifs is 3. The molecule has 0 radical (unpaired) electrons. The normalized spacial score (nSPS) is 22.2. The quantitative estimate of drug-likeness (QED) is 0.764. The summed E-state index contributed by atoms with van der Waals surface area (Å²) in [6, 6.07) is 17.0. The third-order valence-electron chi connectivity index (χ3n) is 5.43. The molecule has 144 valence electrons. The molecule has 1 heterocycles. The molecular weight excluding hydrogens is 340 g/mol. The van der Waals surface area contributed by atoms with E-state index in [0.717, 1.165) is 24.8 Å². The van der Waals surface area contributed by atoms with Crippen molar-refractivity contribution in [2.24, 2.45) is 5.92 Å². The summed E-state index contributed by atoms with van der Waals surface area (Å²) in [5.41, 5.74) is 4.24. The summed E-state index contributed by atoms with van der Waals surface area (Å²) in [5, 5.41) is 13.5. The van der Waals surface area contributed by atoms with Crippen LogP contribution in [0.3, 0.4) is 0 Å². The summed E-state index contributed by atoms with van der Waals surface area (Å²) < 4.78 is 5.98. The lowest BCUT2D eigenvalue weighted by Crippen LogP contribution is -2.19. The Bertz CT molecular complexity index is 763. The van der Waals surface area contributed by atoms with Crippen LogP contribution in [-0.4, -0.2) is 30.8 Å². The molecule has 1 saturated heterocycles. The molecule has 4 rings (SSSR count). The van der Waals surface area contributed by atoms with Crippen LogP contribution in [0.2, 0.25) is 0 Å². The second kappa shape index (κ2) is 8.91. The van der Waals surface area contributed by atoms with E-state index in [2.05, 4.69) is 60.0 Å². The third-order valence-corrected chi connectivity index (χ3v) is 5.43. The molecule has 2 aliphatic rings. The van der Waals surface area contributed by atoms with Gasteiger partial charge in [0, 0.05) is 19.0 Å². The van der Waals surface area contributed by atoms with Crippen molar-refractivity contribution in [2.75, 3.05) is 19.6 Å². The summed E-state index contributed by atoms with van der Waals surface area (Å²) in [5.74, 6) is 3.11. The van der Waals surface area contributed by atoms with Crippen molar-refractivity contribution in [3.8, 4) is 5.75 Å². The average molecular weight is 368 g/mol. The largest absolute Gasteiger partial charge is 0.489 e. The number of hydrogen-bond donors (Lipinski definition) is 3. The van der Waals surface area contributed by atoms with Crippen molar-refractivity contribution in [2.45, 2.75) is 32.3 Å². The summed E-state index contributed by atoms with van der Waals surface area (Å²) >= 11 is 0. The van der Waals surface area contributed by atoms with Gasteiger partial charge < -0.3 is 20.5 Å². The first-order valence-electron chi connectivity index (χ1n) is 9.58. The molecule has 5 heteroatoms. The van der Waals surface area contributed by atoms with Crippen LogP contribution in [0.5, 0.6) is 5.75 Å². The number of carboxylic acid groups (broad SMARTS) is 1. The van der Waals surface area contributed by atoms with E-state index in [1.807, 2.05) is 6.07 Å². The molecule has 0 bridgehead atoms. The molecule has 3 unspecified atom stereocenters. The minimum atomic E-state index is -0.961. The minimum Gasteiger partial charge on any atom is -0.489 e. The van der Waals surface area contributed by atoms with Gasteiger partial charge in [0.25, 0.3) is 0 Å². The summed E-state index contributed by atoms with van der Waals surface area (Å²) in [6.45, 7) is 7.48. The van der Waals surface area contributed by atoms with Gasteiger partial charge in [-0.05, 0) is 54.1 Å². The van der Waals surface area contributed by atoms with E-state index in [4.69, 9.17) is 9.84 Å². The molecule has 0 aromatic heterocycles. The molecule has 3 atom stereocenters. The van der Waals surface area contributed by atoms with Gasteiger partial charge in [-0.1, -0.05) is 43.3 Å². The predicted molar refractivity (Wildman–Crippen MR) is 106 cm³/mol. The highest BCUT2D eigenvalue weighted by molar-refractivity contribution is 5.64. The van der Waals surface area contributed by atoms with Crippen molar-refractivity contribution in [1.29, 1.82) is 0 Å². The van der Waals surface area contributed by atoms with Crippen molar-refractivity contribution >= 4 is 6.09 Å². The van der Waals surface area contributed by atoms with Gasteiger partial charge in [0.2, 0.25) is 0 Å². The minimum absolute atomic E-state index is 0.481. The maximum atomic E-state index is 9.49. The molecule has 1 aliphatic carbocycles. The number of amides is 1. The zero-order chi connectivity index (χ0) is 19.2. The lowest BCUT2D eigenvalue weighted by atomic mass is 9.91. The van der Waals surface area contributed by atoms with Crippen LogP contribution < -0.4 is 15.4 Å². The van der Waals surface area contributed by atoms with E-state index in [0.29, 0.717) is 25.0 Å². The monoisotopic (exact) mass is 368 g/mol. The van der Waals surface area contributed by atoms with Gasteiger partial charge in [-0.3, -0.25) is 0 Å². The van der Waals surface area contributed by atoms with Gasteiger partial charge in [0.05, 0.1) is 0 Å². The Labute approximate surface area is 160 Å². The van der Waals surface area contributed by atoms with Crippen LogP contribution in [0, 0.1) is 5.92 Å². The van der Waals surface area contributed by atoms with Crippen LogP contribution in [-0.2, 0) is 6.61 Å². The van der Waals surface area contributed by atoms with E-state index in [1.54, 1.807) is 6.92 Å². The maximum absolute atomic E-state index is 9.49. The standard InChI is InChI=1S/C19H21NO.C3H7NO2/c1-13-16-8-7-15(21-12-14-5-3-2-4-6-14)9-17(16)19-11-20-10-18(13)19;1-2-4-3(5)6/h2-9,13,18-20H,10-12H2,1H3;4H,2H2,1H3,(H,5,6). The molecular formula is C22H28N2O3. The molecule has 1 aliphatic heterocycles. The fourth-order valence-corrected chi connectivity index (χ4v) is 4.07. The first-order chi connectivity index (χ1) is 13.1. The van der Waals surface area contributed by atoms with E-state index in [9.17, 15) is 4.79 Å². The molecule has 1 fully saturated rings. The summed E-state index contributed by atoms with van der Waals surface area (Å²) in [6.07, 6.45) is -0.961. The van der Waals surface area contributed by atoms with Gasteiger partial charge >= 0.3 is 6.09 Å². The van der Waals surface area contributed by atoms with Gasteiger partial charge in [0.1, 0.15) is 12.4 Å². The van der Waals surface area contributed by atoms with Gasteiger partial charge in [-0.15, -0.1) is 0 Å². The lowest BCUT2D eigenvalue weighted by Gasteiger charge is -2.12. The van der Waals surface area contributed by atoms with E-state index in [1.165, 1.54) is 16.7 Å². The fraction of sp³-hybridized carbons (Fsp3) is 0.409. The van der Waals surface area contributed by atoms with Crippen LogP contribution in [0.15, 0.2) is 48.5 Å². The summed E-state index contributed by atoms with van der Waals surface area (Å²) in [4.78, 5) is 9.49. The first kappa shape index (κ1) is 19.2. The number of carbonyl (C=O) groups is 1. The maximum Gasteiger partial charge on any atom is 0.404 e. The summed E-state index contributed by atoms with van der Waals surface area (Å²) in [7, 11) is 0. The highest BCUT2D eigenvalue weighted by atomic mass is 16.5. The first-order valence-corrected chi connectivity index (χ1v) is 9.58. The van der Waals surface area contributed by atoms with Crippen LogP contribution in [0.25, 0.3) is 0 Å². The second-order valence-corrected chi connectivity index (χ2v) is 7.12. The molecule has 5 nitrogen and oxygen atoms in total. The Morgan fingerprint density at radius 3 is 2.63 bits per heavy atom. The van der Waals surface area contributed by atoms with Crippen LogP contribution in [0.1, 0.15) is 42.4 Å². The predicted octanol–water partition coefficient (Wildman–Crippen LogP) is 3.96. The van der Waals surface area contributed by atoms with E-state index < -0.39 is 6.09 Å². The number of hydrogen-bond acceptors (Lipinski definition) is 3. The smallest absolute Gasteiger partial charge is 0.404 e. The zero-order valence-electron chi connectivity index (χ0n) is 15.9. The number of rotatable bonds is 4. The van der Waals surface area contributed by atoms with Crippen molar-refractivity contribution in [1.82, 2.24) is 10.6 Å². The Hall–Kier alpha value is -2.53. The van der Waals surface area contributed by atoms with Gasteiger partial charge in [-0.25, -0.2) is 4.79 Å². The van der Waals surface area contributed by atoms with E-state index >= 15 is 0 Å². The Kier molecular flexibility index (Phi) is 6.35. The van der Waals surface area contributed by atoms with Crippen molar-refractivity contribution in [3.63, 3.8) is 0 Å². The lowest BCUT2D eigenvalue weighted by molar-refractivity contribution is 0.195. The SMILES string of the molecule is CC1c2ccc(OCc3ccccc3)cc2C2CNCC12.CCNC(=O)O. The number of ether oxygens (including phenoxy) is 1. The molecule has 3 N–H and O–H groups in total. The van der Waals surface area contributed by atoms with Gasteiger partial charge in [0.15, 0.2) is 0 Å². The Morgan fingerprint density at radius 1 is 1.19 bits per heavy atom. The fourth-order valence-electron chi connectivity index (χ4n) is 4.07. The molecule has 0 saturated carbocycles. The molecule has 2 aromatic rings. The highest BCUT2D eigenvalue weighted by Gasteiger charge is 2.41. The van der Waals surface area contributed by atoms with Crippen LogP contribution in [0.4, 0.5) is 4.79 Å². The molecule has 0 spiro atoms. The second-order valence-electron chi connectivity index (χ2n) is 7.12. The van der Waals surface area contributed by atoms with Gasteiger partial charge in [-0.2, -0.15) is 0 Å². The average Bonchev–Trinajstić information content (AvgIpc) is 3.25. The number of benzene rings is 2.